The summed E-state index contributed by atoms with van der Waals surface area (Å²) < 4.78 is 0. The molecule has 4 atom stereocenters. The molecule has 6 heteroatoms. The van der Waals surface area contributed by atoms with Gasteiger partial charge in [-0.15, -0.1) is 6.58 Å². The molecule has 0 aliphatic rings. The first kappa shape index (κ1) is 39.2. The van der Waals surface area contributed by atoms with Gasteiger partial charge < -0.3 is 20.4 Å². The standard InChI is InChI=1S/C13H26.2C7H6O2.C7H16O2/c1-5-9-12(7-3)11-13(8-4)10-6-2;2*8-7(9)6-4-2-1-3-5-6;1-3-4-7(9)5-6(2)8/h7,12-13H,3,5-6,8-11H2,1-2,4H3;2*1-5H,(H,8,9);6-9H,3-5H2,1-2H3. The summed E-state index contributed by atoms with van der Waals surface area (Å²) in [6, 6.07) is 16.6. The highest BCUT2D eigenvalue weighted by Crippen LogP contribution is 2.24. The van der Waals surface area contributed by atoms with Crippen LogP contribution in [0.25, 0.3) is 0 Å². The Hall–Kier alpha value is -2.96. The number of carboxylic acids is 2. The van der Waals surface area contributed by atoms with E-state index in [1.807, 2.05) is 6.92 Å². The van der Waals surface area contributed by atoms with E-state index in [2.05, 4.69) is 33.4 Å². The fraction of sp³-hybridized carbons (Fsp3) is 0.529. The Morgan fingerprint density at radius 1 is 0.725 bits per heavy atom. The molecule has 0 fully saturated rings. The summed E-state index contributed by atoms with van der Waals surface area (Å²) >= 11 is 0. The minimum atomic E-state index is -0.879. The number of carboxylic acid groups (broad SMARTS) is 2. The van der Waals surface area contributed by atoms with Crippen molar-refractivity contribution >= 4 is 11.9 Å². The number of hydrogen-bond donors (Lipinski definition) is 4. The number of benzene rings is 2. The molecule has 0 heterocycles. The summed E-state index contributed by atoms with van der Waals surface area (Å²) in [5.74, 6) is -0.0627. The molecule has 4 unspecified atom stereocenters. The van der Waals surface area contributed by atoms with Crippen molar-refractivity contribution in [2.45, 2.75) is 105 Å². The van der Waals surface area contributed by atoms with E-state index in [0.717, 1.165) is 24.7 Å². The van der Waals surface area contributed by atoms with Gasteiger partial charge in [-0.3, -0.25) is 0 Å². The summed E-state index contributed by atoms with van der Waals surface area (Å²) in [6.45, 7) is 14.5. The summed E-state index contributed by atoms with van der Waals surface area (Å²) in [6.07, 6.45) is 11.8. The molecule has 4 N–H and O–H groups in total. The number of aromatic carboxylic acids is 2. The highest BCUT2D eigenvalue weighted by atomic mass is 16.4. The Kier molecular flexibility index (Phi) is 25.7. The number of aliphatic hydroxyl groups is 2. The summed E-state index contributed by atoms with van der Waals surface area (Å²) in [5, 5.41) is 34.6. The lowest BCUT2D eigenvalue weighted by molar-refractivity contribution is 0.0686. The average Bonchev–Trinajstić information content (AvgIpc) is 2.94. The van der Waals surface area contributed by atoms with Gasteiger partial charge in [-0.25, -0.2) is 9.59 Å². The SMILES string of the molecule is C=CC(CCC)CC(CC)CCC.CCCC(O)CC(C)O.O=C(O)c1ccccc1.O=C(O)c1ccccc1. The van der Waals surface area contributed by atoms with E-state index in [-0.39, 0.29) is 12.2 Å². The molecule has 0 aliphatic carbocycles. The van der Waals surface area contributed by atoms with Crippen molar-refractivity contribution in [3.63, 3.8) is 0 Å². The van der Waals surface area contributed by atoms with Crippen LogP contribution in [0.4, 0.5) is 0 Å². The summed E-state index contributed by atoms with van der Waals surface area (Å²) in [5.41, 5.74) is 0.662. The predicted molar refractivity (Wildman–Crippen MR) is 166 cm³/mol. The maximum absolute atomic E-state index is 10.2. The van der Waals surface area contributed by atoms with Gasteiger partial charge in [-0.1, -0.05) is 102 Å². The van der Waals surface area contributed by atoms with E-state index in [1.54, 1.807) is 67.6 Å². The highest BCUT2D eigenvalue weighted by Gasteiger charge is 2.11. The number of carbonyl (C=O) groups is 2. The zero-order chi connectivity index (χ0) is 30.8. The zero-order valence-corrected chi connectivity index (χ0v) is 25.3. The lowest BCUT2D eigenvalue weighted by Crippen LogP contribution is -2.13. The molecule has 2 rings (SSSR count). The molecule has 0 bridgehead atoms. The third-order valence-electron chi connectivity index (χ3n) is 6.18. The van der Waals surface area contributed by atoms with Crippen molar-refractivity contribution in [3.8, 4) is 0 Å². The lowest BCUT2D eigenvalue weighted by Gasteiger charge is -2.19. The summed E-state index contributed by atoms with van der Waals surface area (Å²) in [7, 11) is 0. The Morgan fingerprint density at radius 2 is 1.15 bits per heavy atom. The minimum Gasteiger partial charge on any atom is -0.478 e. The van der Waals surface area contributed by atoms with Crippen LogP contribution in [0.3, 0.4) is 0 Å². The third-order valence-corrected chi connectivity index (χ3v) is 6.18. The second kappa shape index (κ2) is 26.3. The van der Waals surface area contributed by atoms with E-state index in [0.29, 0.717) is 17.5 Å². The molecule has 0 saturated carbocycles. The van der Waals surface area contributed by atoms with Crippen LogP contribution in [-0.4, -0.2) is 44.6 Å². The van der Waals surface area contributed by atoms with Crippen molar-refractivity contribution in [2.75, 3.05) is 0 Å². The Bertz CT molecular complexity index is 817. The van der Waals surface area contributed by atoms with E-state index in [1.165, 1.54) is 38.5 Å². The third kappa shape index (κ3) is 23.0. The van der Waals surface area contributed by atoms with Gasteiger partial charge in [0.15, 0.2) is 0 Å². The first-order chi connectivity index (χ1) is 19.1. The van der Waals surface area contributed by atoms with E-state index >= 15 is 0 Å². The van der Waals surface area contributed by atoms with Crippen LogP contribution in [0, 0.1) is 11.8 Å². The fourth-order valence-corrected chi connectivity index (χ4v) is 4.03. The van der Waals surface area contributed by atoms with E-state index < -0.39 is 11.9 Å². The Labute approximate surface area is 242 Å². The topological polar surface area (TPSA) is 115 Å². The van der Waals surface area contributed by atoms with Crippen LogP contribution in [-0.2, 0) is 0 Å². The van der Waals surface area contributed by atoms with Crippen LogP contribution in [0.15, 0.2) is 73.3 Å². The molecular formula is C34H54O6. The monoisotopic (exact) mass is 558 g/mol. The molecule has 0 radical (unpaired) electrons. The van der Waals surface area contributed by atoms with Crippen molar-refractivity contribution < 1.29 is 30.0 Å². The molecule has 0 saturated heterocycles. The van der Waals surface area contributed by atoms with Crippen LogP contribution in [0.1, 0.15) is 113 Å². The van der Waals surface area contributed by atoms with Gasteiger partial charge in [0.1, 0.15) is 0 Å². The van der Waals surface area contributed by atoms with Crippen molar-refractivity contribution in [1.82, 2.24) is 0 Å². The lowest BCUT2D eigenvalue weighted by atomic mass is 9.87. The first-order valence-electron chi connectivity index (χ1n) is 14.6. The van der Waals surface area contributed by atoms with Gasteiger partial charge in [0.05, 0.1) is 23.3 Å². The Balaban J connectivity index is 0. The number of allylic oxidation sites excluding steroid dienone is 1. The first-order valence-corrected chi connectivity index (χ1v) is 14.6. The van der Waals surface area contributed by atoms with Crippen LogP contribution in [0.5, 0.6) is 0 Å². The molecule has 226 valence electrons. The molecule has 6 nitrogen and oxygen atoms in total. The van der Waals surface area contributed by atoms with Gasteiger partial charge in [0.25, 0.3) is 0 Å². The number of rotatable bonds is 14. The van der Waals surface area contributed by atoms with Gasteiger partial charge in [0.2, 0.25) is 0 Å². The van der Waals surface area contributed by atoms with Gasteiger partial charge >= 0.3 is 11.9 Å². The second-order valence-corrected chi connectivity index (χ2v) is 9.95. The number of hydrogen-bond acceptors (Lipinski definition) is 4. The molecular weight excluding hydrogens is 504 g/mol. The maximum Gasteiger partial charge on any atom is 0.335 e. The summed E-state index contributed by atoms with van der Waals surface area (Å²) in [4.78, 5) is 20.4. The van der Waals surface area contributed by atoms with Crippen molar-refractivity contribution in [1.29, 1.82) is 0 Å². The van der Waals surface area contributed by atoms with Crippen LogP contribution >= 0.6 is 0 Å². The normalized spacial score (nSPS) is 12.9. The van der Waals surface area contributed by atoms with Gasteiger partial charge in [-0.05, 0) is 68.7 Å². The van der Waals surface area contributed by atoms with Crippen molar-refractivity contribution in [3.05, 3.63) is 84.4 Å². The average molecular weight is 559 g/mol. The van der Waals surface area contributed by atoms with Crippen molar-refractivity contribution in [2.24, 2.45) is 11.8 Å². The van der Waals surface area contributed by atoms with Crippen LogP contribution in [0.2, 0.25) is 0 Å². The van der Waals surface area contributed by atoms with E-state index in [4.69, 9.17) is 20.4 Å². The molecule has 40 heavy (non-hydrogen) atoms. The quantitative estimate of drug-likeness (QED) is 0.173. The predicted octanol–water partition coefficient (Wildman–Crippen LogP) is 8.49. The number of aliphatic hydroxyl groups excluding tert-OH is 2. The highest BCUT2D eigenvalue weighted by molar-refractivity contribution is 5.87. The molecule has 0 amide bonds. The van der Waals surface area contributed by atoms with E-state index in [9.17, 15) is 9.59 Å². The maximum atomic E-state index is 10.2. The fourth-order valence-electron chi connectivity index (χ4n) is 4.03. The minimum absolute atomic E-state index is 0.310. The molecule has 0 spiro atoms. The van der Waals surface area contributed by atoms with Gasteiger partial charge in [0, 0.05) is 0 Å². The molecule has 2 aromatic rings. The van der Waals surface area contributed by atoms with Crippen LogP contribution < -0.4 is 0 Å². The molecule has 0 aliphatic heterocycles. The van der Waals surface area contributed by atoms with Gasteiger partial charge in [-0.2, -0.15) is 0 Å². The zero-order valence-electron chi connectivity index (χ0n) is 25.3. The molecule has 0 aromatic heterocycles. The largest absolute Gasteiger partial charge is 0.478 e. The Morgan fingerprint density at radius 3 is 1.43 bits per heavy atom. The second-order valence-electron chi connectivity index (χ2n) is 9.95. The molecule has 2 aromatic carbocycles. The smallest absolute Gasteiger partial charge is 0.335 e.